The summed E-state index contributed by atoms with van der Waals surface area (Å²) in [7, 11) is 1.76. The van der Waals surface area contributed by atoms with Gasteiger partial charge in [-0.1, -0.05) is 0 Å². The van der Waals surface area contributed by atoms with Crippen LogP contribution >= 0.6 is 11.3 Å². The van der Waals surface area contributed by atoms with Crippen LogP contribution in [0.1, 0.15) is 29.3 Å². The number of rotatable bonds is 4. The molecule has 17 heavy (non-hydrogen) atoms. The van der Waals surface area contributed by atoms with Crippen molar-refractivity contribution in [2.24, 2.45) is 5.73 Å². The van der Waals surface area contributed by atoms with E-state index in [-0.39, 0.29) is 6.04 Å². The molecule has 0 aromatic carbocycles. The molecule has 4 heteroatoms. The van der Waals surface area contributed by atoms with Crippen LogP contribution in [-0.2, 0) is 4.74 Å². The zero-order chi connectivity index (χ0) is 12.3. The van der Waals surface area contributed by atoms with Gasteiger partial charge in [0.05, 0.1) is 12.6 Å². The van der Waals surface area contributed by atoms with Gasteiger partial charge < -0.3 is 10.5 Å². The van der Waals surface area contributed by atoms with Crippen molar-refractivity contribution in [3.63, 3.8) is 0 Å². The molecule has 0 spiro atoms. The summed E-state index contributed by atoms with van der Waals surface area (Å²) in [5, 5.41) is 2.17. The highest BCUT2D eigenvalue weighted by molar-refractivity contribution is 7.10. The Balaban J connectivity index is 2.16. The zero-order valence-corrected chi connectivity index (χ0v) is 11.5. The van der Waals surface area contributed by atoms with E-state index in [1.807, 2.05) is 11.3 Å². The van der Waals surface area contributed by atoms with E-state index in [2.05, 4.69) is 23.3 Å². The Morgan fingerprint density at radius 3 is 3.06 bits per heavy atom. The van der Waals surface area contributed by atoms with Crippen molar-refractivity contribution in [2.75, 3.05) is 26.8 Å². The van der Waals surface area contributed by atoms with E-state index >= 15 is 0 Å². The second-order valence-corrected chi connectivity index (χ2v) is 5.70. The number of hydrogen-bond donors (Lipinski definition) is 1. The van der Waals surface area contributed by atoms with E-state index < -0.39 is 0 Å². The number of piperidine rings is 1. The first-order valence-corrected chi connectivity index (χ1v) is 7.14. The normalized spacial score (nSPS) is 26.3. The number of ether oxygens (including phenoxy) is 1. The molecule has 3 nitrogen and oxygen atoms in total. The van der Waals surface area contributed by atoms with Crippen LogP contribution in [0.4, 0.5) is 0 Å². The van der Waals surface area contributed by atoms with Crippen LogP contribution in [-0.4, -0.2) is 37.7 Å². The number of likely N-dealkylation sites (tertiary alicyclic amines) is 1. The minimum absolute atomic E-state index is 0.262. The van der Waals surface area contributed by atoms with Gasteiger partial charge >= 0.3 is 0 Å². The molecule has 0 amide bonds. The van der Waals surface area contributed by atoms with Gasteiger partial charge in [0.15, 0.2) is 0 Å². The molecule has 0 radical (unpaired) electrons. The van der Waals surface area contributed by atoms with E-state index in [0.717, 1.165) is 26.1 Å². The van der Waals surface area contributed by atoms with Crippen LogP contribution in [0.3, 0.4) is 0 Å². The summed E-state index contributed by atoms with van der Waals surface area (Å²) in [5.74, 6) is 0. The predicted octanol–water partition coefficient (Wildman–Crippen LogP) is 2.17. The summed E-state index contributed by atoms with van der Waals surface area (Å²) >= 11 is 1.83. The molecule has 0 aliphatic carbocycles. The average molecular weight is 254 g/mol. The maximum atomic E-state index is 6.33. The lowest BCUT2D eigenvalue weighted by Gasteiger charge is -2.39. The van der Waals surface area contributed by atoms with Crippen LogP contribution in [0.5, 0.6) is 0 Å². The quantitative estimate of drug-likeness (QED) is 0.895. The standard InChI is InChI=1S/C13H22N2OS/c1-10-5-9-17-13(10)12-11(14)4-3-6-15(12)7-8-16-2/h5,9,11-12H,3-4,6-8,14H2,1-2H3. The van der Waals surface area contributed by atoms with Gasteiger partial charge in [0.25, 0.3) is 0 Å². The van der Waals surface area contributed by atoms with Crippen molar-refractivity contribution >= 4 is 11.3 Å². The van der Waals surface area contributed by atoms with Crippen molar-refractivity contribution in [3.8, 4) is 0 Å². The largest absolute Gasteiger partial charge is 0.383 e. The number of aryl methyl sites for hydroxylation is 1. The van der Waals surface area contributed by atoms with Crippen molar-refractivity contribution in [1.82, 2.24) is 4.90 Å². The Labute approximate surface area is 108 Å². The molecular weight excluding hydrogens is 232 g/mol. The van der Waals surface area contributed by atoms with E-state index in [9.17, 15) is 0 Å². The zero-order valence-electron chi connectivity index (χ0n) is 10.7. The maximum absolute atomic E-state index is 6.33. The second-order valence-electron chi connectivity index (χ2n) is 4.75. The Morgan fingerprint density at radius 1 is 1.59 bits per heavy atom. The summed E-state index contributed by atoms with van der Waals surface area (Å²) in [5.41, 5.74) is 7.70. The molecule has 96 valence electrons. The summed E-state index contributed by atoms with van der Waals surface area (Å²) in [4.78, 5) is 3.92. The molecule has 1 saturated heterocycles. The molecule has 2 rings (SSSR count). The minimum Gasteiger partial charge on any atom is -0.383 e. The van der Waals surface area contributed by atoms with Crippen molar-refractivity contribution in [3.05, 3.63) is 21.9 Å². The van der Waals surface area contributed by atoms with Gasteiger partial charge in [0.1, 0.15) is 0 Å². The number of thiophene rings is 1. The highest BCUT2D eigenvalue weighted by Gasteiger charge is 2.31. The fourth-order valence-corrected chi connectivity index (χ4v) is 3.74. The van der Waals surface area contributed by atoms with Crippen molar-refractivity contribution < 1.29 is 4.74 Å². The number of nitrogens with zero attached hydrogens (tertiary/aromatic N) is 1. The van der Waals surface area contributed by atoms with Crippen LogP contribution in [0.15, 0.2) is 11.4 Å². The molecule has 2 heterocycles. The summed E-state index contributed by atoms with van der Waals surface area (Å²) < 4.78 is 5.20. The Bertz CT molecular complexity index is 353. The lowest BCUT2D eigenvalue weighted by molar-refractivity contribution is 0.0861. The molecule has 1 aromatic heterocycles. The number of methoxy groups -OCH3 is 1. The van der Waals surface area contributed by atoms with E-state index in [1.54, 1.807) is 7.11 Å². The molecule has 0 saturated carbocycles. The van der Waals surface area contributed by atoms with Gasteiger partial charge in [-0.3, -0.25) is 4.90 Å². The number of hydrogen-bond acceptors (Lipinski definition) is 4. The Morgan fingerprint density at radius 2 is 2.41 bits per heavy atom. The smallest absolute Gasteiger partial charge is 0.0596 e. The molecule has 1 aromatic rings. The first-order valence-electron chi connectivity index (χ1n) is 6.26. The van der Waals surface area contributed by atoms with Crippen molar-refractivity contribution in [2.45, 2.75) is 31.8 Å². The fraction of sp³-hybridized carbons (Fsp3) is 0.692. The summed E-state index contributed by atoms with van der Waals surface area (Å²) in [6.45, 7) is 5.08. The lowest BCUT2D eigenvalue weighted by Crippen LogP contribution is -2.46. The van der Waals surface area contributed by atoms with Gasteiger partial charge in [-0.05, 0) is 43.3 Å². The van der Waals surface area contributed by atoms with E-state index in [0.29, 0.717) is 6.04 Å². The van der Waals surface area contributed by atoms with Crippen molar-refractivity contribution in [1.29, 1.82) is 0 Å². The summed E-state index contributed by atoms with van der Waals surface area (Å²) in [6.07, 6.45) is 2.33. The minimum atomic E-state index is 0.262. The highest BCUT2D eigenvalue weighted by Crippen LogP contribution is 2.34. The van der Waals surface area contributed by atoms with Gasteiger partial charge in [0, 0.05) is 24.6 Å². The topological polar surface area (TPSA) is 38.5 Å². The van der Waals surface area contributed by atoms with Crippen LogP contribution in [0, 0.1) is 6.92 Å². The molecular formula is C13H22N2OS. The SMILES string of the molecule is COCCN1CCCC(N)C1c1sccc1C. The first kappa shape index (κ1) is 13.0. The van der Waals surface area contributed by atoms with Gasteiger partial charge in [0.2, 0.25) is 0 Å². The molecule has 2 atom stereocenters. The molecule has 1 aliphatic rings. The Hall–Kier alpha value is -0.420. The lowest BCUT2D eigenvalue weighted by atomic mass is 9.94. The molecule has 1 aliphatic heterocycles. The third kappa shape index (κ3) is 2.88. The highest BCUT2D eigenvalue weighted by atomic mass is 32.1. The maximum Gasteiger partial charge on any atom is 0.0596 e. The van der Waals surface area contributed by atoms with E-state index in [1.165, 1.54) is 16.9 Å². The third-order valence-corrected chi connectivity index (χ3v) is 4.62. The average Bonchev–Trinajstić information content (AvgIpc) is 2.73. The Kier molecular flexibility index (Phi) is 4.56. The van der Waals surface area contributed by atoms with E-state index in [4.69, 9.17) is 10.5 Å². The van der Waals surface area contributed by atoms with Gasteiger partial charge in [-0.2, -0.15) is 0 Å². The fourth-order valence-electron chi connectivity index (χ4n) is 2.60. The van der Waals surface area contributed by atoms with Crippen LogP contribution in [0.25, 0.3) is 0 Å². The number of nitrogens with two attached hydrogens (primary N) is 1. The van der Waals surface area contributed by atoms with Crippen LogP contribution < -0.4 is 5.73 Å². The third-order valence-electron chi connectivity index (χ3n) is 3.53. The molecule has 0 bridgehead atoms. The molecule has 2 N–H and O–H groups in total. The molecule has 1 fully saturated rings. The van der Waals surface area contributed by atoms with Gasteiger partial charge in [-0.15, -0.1) is 11.3 Å². The predicted molar refractivity (Wildman–Crippen MR) is 72.5 cm³/mol. The monoisotopic (exact) mass is 254 g/mol. The van der Waals surface area contributed by atoms with Gasteiger partial charge in [-0.25, -0.2) is 0 Å². The molecule has 2 unspecified atom stereocenters. The second kappa shape index (κ2) is 5.96. The van der Waals surface area contributed by atoms with Crippen LogP contribution in [0.2, 0.25) is 0 Å². The first-order chi connectivity index (χ1) is 8.24. The summed E-state index contributed by atoms with van der Waals surface area (Å²) in [6, 6.07) is 2.84.